The van der Waals surface area contributed by atoms with E-state index in [1.54, 1.807) is 0 Å². The van der Waals surface area contributed by atoms with E-state index in [0.29, 0.717) is 0 Å². The van der Waals surface area contributed by atoms with Crippen molar-refractivity contribution in [3.05, 3.63) is 17.7 Å². The van der Waals surface area contributed by atoms with E-state index in [1.807, 2.05) is 6.92 Å². The fourth-order valence-corrected chi connectivity index (χ4v) is 4.16. The summed E-state index contributed by atoms with van der Waals surface area (Å²) in [5.74, 6) is -0.182. The van der Waals surface area contributed by atoms with Crippen LogP contribution in [0.25, 0.3) is 0 Å². The number of nitrogens with one attached hydrogen (secondary N) is 2. The highest BCUT2D eigenvalue weighted by molar-refractivity contribution is 7.91. The Bertz CT molecular complexity index is 728. The molecule has 1 fully saturated rings. The van der Waals surface area contributed by atoms with E-state index in [4.69, 9.17) is 10.5 Å². The predicted octanol–water partition coefficient (Wildman–Crippen LogP) is 1.33. The van der Waals surface area contributed by atoms with E-state index in [-0.39, 0.29) is 45.6 Å². The van der Waals surface area contributed by atoms with Crippen LogP contribution < -0.4 is 21.1 Å². The number of nitrogen functional groups attached to an aromatic ring is 1. The van der Waals surface area contributed by atoms with Gasteiger partial charge in [-0.25, -0.2) is 8.42 Å². The van der Waals surface area contributed by atoms with Crippen molar-refractivity contribution in [2.45, 2.75) is 50.1 Å². The van der Waals surface area contributed by atoms with Gasteiger partial charge >= 0.3 is 0 Å². The fourth-order valence-electron chi connectivity index (χ4n) is 3.14. The van der Waals surface area contributed by atoms with Crippen LogP contribution in [0.2, 0.25) is 0 Å². The van der Waals surface area contributed by atoms with Gasteiger partial charge in [-0.15, -0.1) is 0 Å². The molecule has 0 aliphatic carbocycles. The number of carbonyl (C=O) groups excluding carboxylic acids is 1. The molecule has 8 heteroatoms. The van der Waals surface area contributed by atoms with Gasteiger partial charge in [-0.05, 0) is 31.9 Å². The number of methoxy groups -OCH3 is 1. The maximum Gasteiger partial charge on any atom is 0.255 e. The summed E-state index contributed by atoms with van der Waals surface area (Å²) in [5.41, 5.74) is 6.12. The number of rotatable bonds is 7. The van der Waals surface area contributed by atoms with E-state index >= 15 is 0 Å². The number of hydrogen-bond acceptors (Lipinski definition) is 6. The first-order valence-electron chi connectivity index (χ1n) is 8.58. The smallest absolute Gasteiger partial charge is 0.255 e. The minimum Gasteiger partial charge on any atom is -0.496 e. The van der Waals surface area contributed by atoms with Crippen molar-refractivity contribution in [2.75, 3.05) is 25.1 Å². The molecule has 0 aromatic heterocycles. The lowest BCUT2D eigenvalue weighted by Gasteiger charge is -2.24. The molecule has 1 heterocycles. The first-order valence-corrected chi connectivity index (χ1v) is 10.2. The lowest BCUT2D eigenvalue weighted by Crippen LogP contribution is -2.47. The predicted molar refractivity (Wildman–Crippen MR) is 97.7 cm³/mol. The molecule has 1 aromatic carbocycles. The molecule has 1 amide bonds. The van der Waals surface area contributed by atoms with Gasteiger partial charge < -0.3 is 21.1 Å². The number of sulfone groups is 1. The number of nitrogens with two attached hydrogens (primary N) is 1. The zero-order valence-electron chi connectivity index (χ0n) is 15.0. The van der Waals surface area contributed by atoms with Gasteiger partial charge in [0, 0.05) is 18.2 Å². The monoisotopic (exact) mass is 369 g/mol. The second kappa shape index (κ2) is 8.05. The van der Waals surface area contributed by atoms with E-state index in [0.717, 1.165) is 25.8 Å². The molecule has 7 nitrogen and oxygen atoms in total. The van der Waals surface area contributed by atoms with Crippen LogP contribution >= 0.6 is 0 Å². The molecule has 25 heavy (non-hydrogen) atoms. The number of carbonyl (C=O) groups is 1. The normalized spacial score (nSPS) is 18.8. The average molecular weight is 369 g/mol. The van der Waals surface area contributed by atoms with Gasteiger partial charge in [-0.2, -0.15) is 0 Å². The van der Waals surface area contributed by atoms with Crippen molar-refractivity contribution in [2.24, 2.45) is 0 Å². The molecular formula is C17H27N3O4S. The molecule has 0 saturated carbocycles. The van der Waals surface area contributed by atoms with Crippen molar-refractivity contribution in [1.29, 1.82) is 0 Å². The summed E-state index contributed by atoms with van der Waals surface area (Å²) in [5, 5.41) is 6.38. The highest BCUT2D eigenvalue weighted by Crippen LogP contribution is 2.29. The number of hydrogen-bond donors (Lipinski definition) is 3. The number of ether oxygens (including phenoxy) is 1. The molecule has 0 spiro atoms. The first-order chi connectivity index (χ1) is 11.8. The Labute approximate surface area is 149 Å². The third-order valence-corrected chi connectivity index (χ3v) is 6.42. The Morgan fingerprint density at radius 1 is 1.44 bits per heavy atom. The maximum absolute atomic E-state index is 12.8. The van der Waals surface area contributed by atoms with Crippen molar-refractivity contribution in [3.63, 3.8) is 0 Å². The van der Waals surface area contributed by atoms with Crippen LogP contribution in [0.5, 0.6) is 5.75 Å². The van der Waals surface area contributed by atoms with E-state index in [1.165, 1.54) is 26.2 Å². The lowest BCUT2D eigenvalue weighted by atomic mass is 10.0. The second-order valence-corrected chi connectivity index (χ2v) is 8.43. The molecule has 1 aromatic rings. The van der Waals surface area contributed by atoms with Gasteiger partial charge in [0.15, 0.2) is 9.84 Å². The molecule has 140 valence electrons. The summed E-state index contributed by atoms with van der Waals surface area (Å²) in [6, 6.07) is 2.92. The Morgan fingerprint density at radius 3 is 2.68 bits per heavy atom. The van der Waals surface area contributed by atoms with Crippen LogP contribution in [-0.4, -0.2) is 45.8 Å². The largest absolute Gasteiger partial charge is 0.496 e. The Hall–Kier alpha value is -1.80. The lowest BCUT2D eigenvalue weighted by molar-refractivity contribution is 0.0924. The van der Waals surface area contributed by atoms with Gasteiger partial charge in [-0.3, -0.25) is 4.79 Å². The Morgan fingerprint density at radius 2 is 2.16 bits per heavy atom. The van der Waals surface area contributed by atoms with Crippen molar-refractivity contribution >= 4 is 21.4 Å². The van der Waals surface area contributed by atoms with E-state index < -0.39 is 9.84 Å². The molecule has 2 rings (SSSR count). The first kappa shape index (κ1) is 19.5. The molecule has 1 aliphatic heterocycles. The summed E-state index contributed by atoms with van der Waals surface area (Å²) in [6.45, 7) is 4.50. The summed E-state index contributed by atoms with van der Waals surface area (Å²) in [4.78, 5) is 12.7. The quantitative estimate of drug-likeness (QED) is 0.626. The maximum atomic E-state index is 12.8. The average Bonchev–Trinajstić information content (AvgIpc) is 3.13. The highest BCUT2D eigenvalue weighted by atomic mass is 32.2. The number of anilines is 1. The molecule has 2 atom stereocenters. The molecule has 1 aliphatic rings. The zero-order chi connectivity index (χ0) is 18.6. The minimum absolute atomic E-state index is 0.0245. The third-order valence-electron chi connectivity index (χ3n) is 4.63. The van der Waals surface area contributed by atoms with Crippen molar-refractivity contribution in [1.82, 2.24) is 10.6 Å². The van der Waals surface area contributed by atoms with Gasteiger partial charge in [0.2, 0.25) is 0 Å². The van der Waals surface area contributed by atoms with Crippen LogP contribution in [0, 0.1) is 0 Å². The van der Waals surface area contributed by atoms with E-state index in [9.17, 15) is 13.2 Å². The number of amides is 1. The summed E-state index contributed by atoms with van der Waals surface area (Å²) in [6.07, 6.45) is 2.87. The van der Waals surface area contributed by atoms with Crippen LogP contribution in [0.4, 0.5) is 5.69 Å². The molecule has 0 bridgehead atoms. The minimum atomic E-state index is -3.53. The number of benzene rings is 1. The van der Waals surface area contributed by atoms with Crippen LogP contribution in [0.1, 0.15) is 43.5 Å². The SMILES string of the molecule is CC[C@H](NC(=O)c1cc(S(=O)(=O)CC)c(N)cc1OC)[C@@H]1CCCN1. The van der Waals surface area contributed by atoms with Crippen molar-refractivity contribution in [3.8, 4) is 5.75 Å². The second-order valence-electron chi connectivity index (χ2n) is 6.18. The molecule has 1 saturated heterocycles. The molecule has 0 radical (unpaired) electrons. The third kappa shape index (κ3) is 4.24. The Balaban J connectivity index is 2.35. The van der Waals surface area contributed by atoms with E-state index in [2.05, 4.69) is 10.6 Å². The fraction of sp³-hybridized carbons (Fsp3) is 0.588. The van der Waals surface area contributed by atoms with Gasteiger partial charge in [0.05, 0.1) is 29.0 Å². The molecule has 4 N–H and O–H groups in total. The van der Waals surface area contributed by atoms with Gasteiger partial charge in [-0.1, -0.05) is 13.8 Å². The topological polar surface area (TPSA) is 111 Å². The van der Waals surface area contributed by atoms with Gasteiger partial charge in [0.25, 0.3) is 5.91 Å². The van der Waals surface area contributed by atoms with Crippen LogP contribution in [0.3, 0.4) is 0 Å². The van der Waals surface area contributed by atoms with Gasteiger partial charge in [0.1, 0.15) is 5.75 Å². The summed E-state index contributed by atoms with van der Waals surface area (Å²) in [7, 11) is -2.11. The van der Waals surface area contributed by atoms with Crippen molar-refractivity contribution < 1.29 is 17.9 Å². The van der Waals surface area contributed by atoms with Crippen LogP contribution in [-0.2, 0) is 9.84 Å². The highest BCUT2D eigenvalue weighted by Gasteiger charge is 2.27. The zero-order valence-corrected chi connectivity index (χ0v) is 15.8. The summed E-state index contributed by atoms with van der Waals surface area (Å²) < 4.78 is 29.7. The Kier molecular flexibility index (Phi) is 6.29. The summed E-state index contributed by atoms with van der Waals surface area (Å²) >= 11 is 0. The standard InChI is InChI=1S/C17H27N3O4S/c1-4-13(14-7-6-8-19-14)20-17(21)11-9-16(25(22,23)5-2)12(18)10-15(11)24-3/h9-10,13-14,19H,4-8,18H2,1-3H3,(H,20,21)/t13-,14-/m0/s1. The molecular weight excluding hydrogens is 342 g/mol. The molecule has 0 unspecified atom stereocenters. The van der Waals surface area contributed by atoms with Crippen LogP contribution in [0.15, 0.2) is 17.0 Å².